The maximum Gasteiger partial charge on any atom is 0.226 e. The van der Waals surface area contributed by atoms with E-state index in [1.54, 1.807) is 35.2 Å². The van der Waals surface area contributed by atoms with Gasteiger partial charge in [0, 0.05) is 30.0 Å². The van der Waals surface area contributed by atoms with E-state index in [-0.39, 0.29) is 30.3 Å². The van der Waals surface area contributed by atoms with Crippen molar-refractivity contribution in [2.75, 3.05) is 6.54 Å². The predicted molar refractivity (Wildman–Crippen MR) is 107 cm³/mol. The molecule has 4 rings (SSSR count). The molecule has 1 atom stereocenters. The summed E-state index contributed by atoms with van der Waals surface area (Å²) in [4.78, 5) is 20.0. The average Bonchev–Trinajstić information content (AvgIpc) is 3.43. The van der Waals surface area contributed by atoms with Crippen LogP contribution in [0.15, 0.2) is 47.6 Å². The molecule has 4 nitrogen and oxygen atoms in total. The first-order chi connectivity index (χ1) is 13.5. The van der Waals surface area contributed by atoms with Crippen LogP contribution in [0, 0.1) is 11.7 Å². The number of halogens is 3. The van der Waals surface area contributed by atoms with Gasteiger partial charge in [-0.1, -0.05) is 52.6 Å². The van der Waals surface area contributed by atoms with Gasteiger partial charge in [-0.3, -0.25) is 4.79 Å². The fraction of sp³-hybridized carbons (Fsp3) is 0.333. The molecule has 2 aliphatic rings. The lowest BCUT2D eigenvalue weighted by molar-refractivity contribution is -0.135. The highest BCUT2D eigenvalue weighted by atomic mass is 35.5. The molecule has 146 valence electrons. The van der Waals surface area contributed by atoms with Crippen LogP contribution in [0.25, 0.3) is 0 Å². The monoisotopic (exact) mass is 420 g/mol. The van der Waals surface area contributed by atoms with Crippen LogP contribution in [-0.4, -0.2) is 29.2 Å². The second-order valence-corrected chi connectivity index (χ2v) is 8.00. The Balaban J connectivity index is 1.45. The molecule has 2 aromatic carbocycles. The number of benzene rings is 2. The molecule has 0 aromatic heterocycles. The van der Waals surface area contributed by atoms with Crippen molar-refractivity contribution >= 4 is 34.8 Å². The zero-order valence-electron chi connectivity index (χ0n) is 15.1. The Morgan fingerprint density at radius 2 is 1.96 bits per heavy atom. The van der Waals surface area contributed by atoms with Crippen molar-refractivity contribution in [1.82, 2.24) is 4.90 Å². The summed E-state index contributed by atoms with van der Waals surface area (Å²) < 4.78 is 14.1. The first kappa shape index (κ1) is 19.2. The molecule has 7 heteroatoms. The van der Waals surface area contributed by atoms with Gasteiger partial charge >= 0.3 is 0 Å². The molecule has 0 unspecified atom stereocenters. The normalized spacial score (nSPS) is 18.5. The maximum atomic E-state index is 14.1. The van der Waals surface area contributed by atoms with Crippen LogP contribution in [0.1, 0.15) is 30.4 Å². The zero-order valence-corrected chi connectivity index (χ0v) is 16.6. The number of carbonyl (C=O) groups excluding carboxylic acids is 1. The van der Waals surface area contributed by atoms with Crippen molar-refractivity contribution in [3.63, 3.8) is 0 Å². The fourth-order valence-corrected chi connectivity index (χ4v) is 3.57. The molecule has 1 heterocycles. The predicted octanol–water partition coefficient (Wildman–Crippen LogP) is 5.06. The molecule has 0 saturated heterocycles. The lowest BCUT2D eigenvalue weighted by Crippen LogP contribution is -2.38. The van der Waals surface area contributed by atoms with E-state index in [1.165, 1.54) is 6.07 Å². The number of oxime groups is 1. The first-order valence-corrected chi connectivity index (χ1v) is 9.97. The van der Waals surface area contributed by atoms with Crippen LogP contribution in [0.3, 0.4) is 0 Å². The summed E-state index contributed by atoms with van der Waals surface area (Å²) in [5.74, 6) is -0.213. The van der Waals surface area contributed by atoms with Crippen LogP contribution in [-0.2, 0) is 16.2 Å². The quantitative estimate of drug-likeness (QED) is 0.654. The molecule has 1 aliphatic carbocycles. The van der Waals surface area contributed by atoms with Gasteiger partial charge in [0.1, 0.15) is 5.82 Å². The molecule has 1 aliphatic heterocycles. The molecular formula is C21H19Cl2FN2O2. The minimum absolute atomic E-state index is 0.0450. The number of carbonyl (C=O) groups is 1. The van der Waals surface area contributed by atoms with Crippen LogP contribution < -0.4 is 0 Å². The number of amides is 1. The average molecular weight is 421 g/mol. The molecule has 0 spiro atoms. The van der Waals surface area contributed by atoms with Crippen molar-refractivity contribution < 1.29 is 14.0 Å². The highest BCUT2D eigenvalue weighted by molar-refractivity contribution is 6.42. The van der Waals surface area contributed by atoms with E-state index in [2.05, 4.69) is 5.16 Å². The van der Waals surface area contributed by atoms with E-state index in [0.29, 0.717) is 28.6 Å². The zero-order chi connectivity index (χ0) is 19.7. The van der Waals surface area contributed by atoms with Gasteiger partial charge in [0.05, 0.1) is 22.3 Å². The second kappa shape index (κ2) is 8.10. The molecule has 2 aromatic rings. The largest absolute Gasteiger partial charge is 0.390 e. The van der Waals surface area contributed by atoms with Crippen molar-refractivity contribution in [2.45, 2.75) is 31.9 Å². The summed E-state index contributed by atoms with van der Waals surface area (Å²) in [7, 11) is 0. The number of hydrogen-bond acceptors (Lipinski definition) is 3. The van der Waals surface area contributed by atoms with E-state index in [0.717, 1.165) is 24.1 Å². The summed E-state index contributed by atoms with van der Waals surface area (Å²) in [6.07, 6.45) is 2.05. The van der Waals surface area contributed by atoms with E-state index < -0.39 is 0 Å². The minimum Gasteiger partial charge on any atom is -0.390 e. The lowest BCUT2D eigenvalue weighted by Gasteiger charge is -2.25. The summed E-state index contributed by atoms with van der Waals surface area (Å²) in [6.45, 7) is 0.585. The number of nitrogens with zero attached hydrogens (tertiary/aromatic N) is 2. The standard InChI is InChI=1S/C21H19Cl2FN2O2/c22-17-8-7-14(9-18(17)23)20-10-16(28-25-20)12-26(21(27)13-5-6-13)11-15-3-1-2-4-19(15)24/h1-4,7-9,13,16H,5-6,10-12H2/t16-/m0/s1. The molecule has 0 bridgehead atoms. The van der Waals surface area contributed by atoms with Crippen molar-refractivity contribution in [2.24, 2.45) is 11.1 Å². The van der Waals surface area contributed by atoms with E-state index in [1.807, 2.05) is 6.07 Å². The van der Waals surface area contributed by atoms with Gasteiger partial charge in [0.25, 0.3) is 0 Å². The molecular weight excluding hydrogens is 402 g/mol. The van der Waals surface area contributed by atoms with Crippen LogP contribution in [0.2, 0.25) is 10.0 Å². The smallest absolute Gasteiger partial charge is 0.226 e. The van der Waals surface area contributed by atoms with Crippen LogP contribution in [0.5, 0.6) is 0 Å². The summed E-state index contributed by atoms with van der Waals surface area (Å²) >= 11 is 12.1. The molecule has 1 amide bonds. The summed E-state index contributed by atoms with van der Waals surface area (Å²) in [6, 6.07) is 11.8. The van der Waals surface area contributed by atoms with E-state index in [9.17, 15) is 9.18 Å². The van der Waals surface area contributed by atoms with Gasteiger partial charge in [0.15, 0.2) is 6.10 Å². The SMILES string of the molecule is O=C(C1CC1)N(Cc1ccccc1F)C[C@@H]1CC(c2ccc(Cl)c(Cl)c2)=NO1. The van der Waals surface area contributed by atoms with E-state index >= 15 is 0 Å². The van der Waals surface area contributed by atoms with Crippen molar-refractivity contribution in [3.05, 3.63) is 69.5 Å². The van der Waals surface area contributed by atoms with Gasteiger partial charge in [-0.15, -0.1) is 0 Å². The Morgan fingerprint density at radius 1 is 1.18 bits per heavy atom. The third-order valence-electron chi connectivity index (χ3n) is 4.97. The first-order valence-electron chi connectivity index (χ1n) is 9.21. The Bertz CT molecular complexity index is 930. The Morgan fingerprint density at radius 3 is 2.68 bits per heavy atom. The molecule has 1 saturated carbocycles. The Labute approximate surface area is 172 Å². The molecule has 1 fully saturated rings. The van der Waals surface area contributed by atoms with Gasteiger partial charge in [0.2, 0.25) is 5.91 Å². The summed E-state index contributed by atoms with van der Waals surface area (Å²) in [5.41, 5.74) is 2.10. The number of rotatable bonds is 6. The molecule has 0 radical (unpaired) electrons. The second-order valence-electron chi connectivity index (χ2n) is 7.18. The Hall–Kier alpha value is -2.11. The maximum absolute atomic E-state index is 14.1. The topological polar surface area (TPSA) is 41.9 Å². The molecule has 0 N–H and O–H groups in total. The molecule has 28 heavy (non-hydrogen) atoms. The lowest BCUT2D eigenvalue weighted by atomic mass is 10.0. The highest BCUT2D eigenvalue weighted by Gasteiger charge is 2.36. The highest BCUT2D eigenvalue weighted by Crippen LogP contribution is 2.32. The fourth-order valence-electron chi connectivity index (χ4n) is 3.27. The number of hydrogen-bond donors (Lipinski definition) is 0. The van der Waals surface area contributed by atoms with Crippen LogP contribution in [0.4, 0.5) is 4.39 Å². The van der Waals surface area contributed by atoms with E-state index in [4.69, 9.17) is 28.0 Å². The summed E-state index contributed by atoms with van der Waals surface area (Å²) in [5, 5.41) is 5.09. The Kier molecular flexibility index (Phi) is 5.56. The van der Waals surface area contributed by atoms with Crippen LogP contribution >= 0.6 is 23.2 Å². The third kappa shape index (κ3) is 4.31. The van der Waals surface area contributed by atoms with Gasteiger partial charge in [-0.05, 0) is 31.0 Å². The van der Waals surface area contributed by atoms with Gasteiger partial charge in [-0.25, -0.2) is 4.39 Å². The third-order valence-corrected chi connectivity index (χ3v) is 5.71. The minimum atomic E-state index is -0.309. The van der Waals surface area contributed by atoms with Crippen molar-refractivity contribution in [1.29, 1.82) is 0 Å². The van der Waals surface area contributed by atoms with Gasteiger partial charge in [-0.2, -0.15) is 0 Å². The van der Waals surface area contributed by atoms with Crippen molar-refractivity contribution in [3.8, 4) is 0 Å². The van der Waals surface area contributed by atoms with Gasteiger partial charge < -0.3 is 9.74 Å².